The third kappa shape index (κ3) is 2.91. The van der Waals surface area contributed by atoms with E-state index in [4.69, 9.17) is 10.4 Å². The van der Waals surface area contributed by atoms with Gasteiger partial charge in [-0.15, -0.1) is 0 Å². The summed E-state index contributed by atoms with van der Waals surface area (Å²) in [6.45, 7) is 1.94. The number of rotatable bonds is 4. The van der Waals surface area contributed by atoms with Crippen LogP contribution in [0, 0.1) is 23.0 Å². The largest absolute Gasteiger partial charge is 0.393 e. The molecule has 1 atom stereocenters. The molecular weight excluding hydrogens is 214 g/mol. The van der Waals surface area contributed by atoms with Crippen molar-refractivity contribution in [3.05, 3.63) is 29.3 Å². The summed E-state index contributed by atoms with van der Waals surface area (Å²) in [5, 5.41) is 20.1. The molecular formula is C11H12F2N2O. The Morgan fingerprint density at radius 2 is 2.12 bits per heavy atom. The lowest BCUT2D eigenvalue weighted by Gasteiger charge is -2.09. The predicted molar refractivity (Wildman–Crippen MR) is 55.9 cm³/mol. The summed E-state index contributed by atoms with van der Waals surface area (Å²) in [5.41, 5.74) is -0.323. The molecule has 0 fully saturated rings. The topological polar surface area (TPSA) is 56.0 Å². The van der Waals surface area contributed by atoms with Gasteiger partial charge in [-0.3, -0.25) is 0 Å². The Bertz CT molecular complexity index is 413. The van der Waals surface area contributed by atoms with Gasteiger partial charge in [0.05, 0.1) is 17.4 Å². The number of benzene rings is 1. The lowest BCUT2D eigenvalue weighted by atomic mass is 10.2. The summed E-state index contributed by atoms with van der Waals surface area (Å²) < 4.78 is 26.5. The van der Waals surface area contributed by atoms with E-state index >= 15 is 0 Å². The van der Waals surface area contributed by atoms with E-state index < -0.39 is 17.7 Å². The van der Waals surface area contributed by atoms with E-state index in [0.717, 1.165) is 0 Å². The van der Waals surface area contributed by atoms with Crippen LogP contribution in [0.4, 0.5) is 14.5 Å². The number of aliphatic hydroxyl groups excluding tert-OH is 1. The molecule has 0 amide bonds. The third-order valence-corrected chi connectivity index (χ3v) is 2.08. The molecule has 0 aliphatic carbocycles. The van der Waals surface area contributed by atoms with E-state index in [-0.39, 0.29) is 11.3 Å². The third-order valence-electron chi connectivity index (χ3n) is 2.08. The first-order valence-electron chi connectivity index (χ1n) is 4.86. The molecule has 2 N–H and O–H groups in total. The highest BCUT2D eigenvalue weighted by molar-refractivity contribution is 5.49. The van der Waals surface area contributed by atoms with Gasteiger partial charge in [0.1, 0.15) is 6.07 Å². The Balaban J connectivity index is 2.76. The Kier molecular flexibility index (Phi) is 4.20. The molecule has 0 bridgehead atoms. The van der Waals surface area contributed by atoms with Crippen molar-refractivity contribution < 1.29 is 13.9 Å². The number of aliphatic hydroxyl groups is 1. The van der Waals surface area contributed by atoms with E-state index in [2.05, 4.69) is 5.32 Å². The van der Waals surface area contributed by atoms with Gasteiger partial charge in [0.25, 0.3) is 0 Å². The first-order chi connectivity index (χ1) is 7.56. The lowest BCUT2D eigenvalue weighted by Crippen LogP contribution is -2.11. The van der Waals surface area contributed by atoms with Crippen LogP contribution in [0.1, 0.15) is 18.9 Å². The monoisotopic (exact) mass is 226 g/mol. The number of nitriles is 1. The zero-order chi connectivity index (χ0) is 12.1. The quantitative estimate of drug-likeness (QED) is 0.825. The lowest BCUT2D eigenvalue weighted by molar-refractivity contribution is 0.188. The molecule has 86 valence electrons. The van der Waals surface area contributed by atoms with Gasteiger partial charge in [-0.25, -0.2) is 8.78 Å². The molecule has 0 radical (unpaired) electrons. The molecule has 0 saturated heterocycles. The number of anilines is 1. The van der Waals surface area contributed by atoms with Crippen LogP contribution < -0.4 is 5.32 Å². The Morgan fingerprint density at radius 1 is 1.44 bits per heavy atom. The number of nitrogens with one attached hydrogen (secondary N) is 1. The SMILES string of the molecule is CC(O)CCNc1ccc(C#N)c(F)c1F. The molecule has 1 unspecified atom stereocenters. The van der Waals surface area contributed by atoms with Gasteiger partial charge < -0.3 is 10.4 Å². The van der Waals surface area contributed by atoms with Gasteiger partial charge in [0, 0.05) is 6.54 Å². The van der Waals surface area contributed by atoms with Gasteiger partial charge in [-0.2, -0.15) is 5.26 Å². The molecule has 0 spiro atoms. The molecule has 3 nitrogen and oxygen atoms in total. The second kappa shape index (κ2) is 5.42. The van der Waals surface area contributed by atoms with Crippen LogP contribution in [0.3, 0.4) is 0 Å². The van der Waals surface area contributed by atoms with Crippen LogP contribution in [0.25, 0.3) is 0 Å². The molecule has 0 aliphatic rings. The van der Waals surface area contributed by atoms with Crippen molar-refractivity contribution in [1.82, 2.24) is 0 Å². The highest BCUT2D eigenvalue weighted by Gasteiger charge is 2.12. The summed E-state index contributed by atoms with van der Waals surface area (Å²) in [7, 11) is 0. The van der Waals surface area contributed by atoms with Crippen molar-refractivity contribution in [3.63, 3.8) is 0 Å². The number of halogens is 2. The van der Waals surface area contributed by atoms with E-state index in [1.165, 1.54) is 12.1 Å². The molecule has 5 heteroatoms. The molecule has 0 aromatic heterocycles. The number of nitrogens with zero attached hydrogens (tertiary/aromatic N) is 1. The summed E-state index contributed by atoms with van der Waals surface area (Å²) in [4.78, 5) is 0. The van der Waals surface area contributed by atoms with Crippen molar-refractivity contribution in [1.29, 1.82) is 5.26 Å². The zero-order valence-corrected chi connectivity index (χ0v) is 8.80. The average Bonchev–Trinajstić information content (AvgIpc) is 2.24. The highest BCUT2D eigenvalue weighted by atomic mass is 19.2. The van der Waals surface area contributed by atoms with Crippen molar-refractivity contribution in [2.75, 3.05) is 11.9 Å². The van der Waals surface area contributed by atoms with E-state index in [1.807, 2.05) is 0 Å². The van der Waals surface area contributed by atoms with Crippen LogP contribution >= 0.6 is 0 Å². The standard InChI is InChI=1S/C11H12F2N2O/c1-7(16)4-5-15-9-3-2-8(6-14)10(12)11(9)13/h2-3,7,15-16H,4-5H2,1H3. The van der Waals surface area contributed by atoms with Crippen molar-refractivity contribution in [2.24, 2.45) is 0 Å². The van der Waals surface area contributed by atoms with Gasteiger partial charge >= 0.3 is 0 Å². The van der Waals surface area contributed by atoms with Crippen LogP contribution in [-0.4, -0.2) is 17.8 Å². The predicted octanol–water partition coefficient (Wildman–Crippen LogP) is 2.02. The molecule has 0 heterocycles. The molecule has 1 aromatic carbocycles. The molecule has 1 aromatic rings. The minimum absolute atomic E-state index is 0.00264. The van der Waals surface area contributed by atoms with Crippen molar-refractivity contribution >= 4 is 5.69 Å². The number of hydrogen-bond acceptors (Lipinski definition) is 3. The summed E-state index contributed by atoms with van der Waals surface area (Å²) in [6, 6.07) is 4.07. The fourth-order valence-corrected chi connectivity index (χ4v) is 1.19. The summed E-state index contributed by atoms with van der Waals surface area (Å²) in [5.74, 6) is -2.21. The van der Waals surface area contributed by atoms with Crippen LogP contribution in [0.2, 0.25) is 0 Å². The second-order valence-corrected chi connectivity index (χ2v) is 3.46. The minimum atomic E-state index is -1.15. The van der Waals surface area contributed by atoms with Crippen molar-refractivity contribution in [2.45, 2.75) is 19.4 Å². The van der Waals surface area contributed by atoms with Gasteiger partial charge in [0.2, 0.25) is 0 Å². The smallest absolute Gasteiger partial charge is 0.183 e. The maximum atomic E-state index is 13.3. The zero-order valence-electron chi connectivity index (χ0n) is 8.80. The normalized spacial score (nSPS) is 11.9. The second-order valence-electron chi connectivity index (χ2n) is 3.46. The van der Waals surface area contributed by atoms with Crippen LogP contribution in [-0.2, 0) is 0 Å². The average molecular weight is 226 g/mol. The van der Waals surface area contributed by atoms with E-state index in [0.29, 0.717) is 13.0 Å². The molecule has 0 saturated carbocycles. The van der Waals surface area contributed by atoms with Crippen LogP contribution in [0.5, 0.6) is 0 Å². The van der Waals surface area contributed by atoms with E-state index in [9.17, 15) is 8.78 Å². The van der Waals surface area contributed by atoms with Gasteiger partial charge in [-0.1, -0.05) is 0 Å². The summed E-state index contributed by atoms with van der Waals surface area (Å²) >= 11 is 0. The first-order valence-corrected chi connectivity index (χ1v) is 4.86. The van der Waals surface area contributed by atoms with Gasteiger partial charge in [-0.05, 0) is 25.5 Å². The molecule has 1 rings (SSSR count). The van der Waals surface area contributed by atoms with Crippen molar-refractivity contribution in [3.8, 4) is 6.07 Å². The Hall–Kier alpha value is -1.67. The maximum absolute atomic E-state index is 13.3. The maximum Gasteiger partial charge on any atom is 0.183 e. The Labute approximate surface area is 92.3 Å². The molecule has 16 heavy (non-hydrogen) atoms. The van der Waals surface area contributed by atoms with E-state index in [1.54, 1.807) is 13.0 Å². The fraction of sp³-hybridized carbons (Fsp3) is 0.364. The fourth-order valence-electron chi connectivity index (χ4n) is 1.19. The van der Waals surface area contributed by atoms with Gasteiger partial charge in [0.15, 0.2) is 11.6 Å². The summed E-state index contributed by atoms with van der Waals surface area (Å²) in [6.07, 6.45) is -0.0695. The minimum Gasteiger partial charge on any atom is -0.393 e. The Morgan fingerprint density at radius 3 is 2.69 bits per heavy atom. The first kappa shape index (κ1) is 12.4. The number of hydrogen-bond donors (Lipinski definition) is 2. The van der Waals surface area contributed by atoms with Crippen LogP contribution in [0.15, 0.2) is 12.1 Å². The molecule has 0 aliphatic heterocycles. The highest BCUT2D eigenvalue weighted by Crippen LogP contribution is 2.20.